The second kappa shape index (κ2) is 9.71. The number of ether oxygens (including phenoxy) is 1. The third kappa shape index (κ3) is 5.56. The van der Waals surface area contributed by atoms with Crippen molar-refractivity contribution in [3.05, 3.63) is 57.9 Å². The molecule has 0 unspecified atom stereocenters. The normalized spacial score (nSPS) is 10.6. The molecule has 0 aliphatic heterocycles. The van der Waals surface area contributed by atoms with E-state index < -0.39 is 5.97 Å². The molecule has 3 rings (SSSR count). The number of hydrogen-bond acceptors (Lipinski definition) is 5. The van der Waals surface area contributed by atoms with Crippen molar-refractivity contribution in [2.24, 2.45) is 0 Å². The maximum absolute atomic E-state index is 10.7. The molecule has 0 fully saturated rings. The van der Waals surface area contributed by atoms with Crippen molar-refractivity contribution >= 4 is 44.1 Å². The lowest BCUT2D eigenvalue weighted by atomic mass is 10.1. The maximum atomic E-state index is 10.7. The standard InChI is InChI=1S/C21H21BrN2O3S/c1-2-11-27-19-9-6-15(12-17(19)22)18-13-28-21(24-18)23-16-7-3-14(4-8-16)5-10-20(25)26/h3-4,6-9,12-13H,2,5,10-11H2,1H3,(H,23,24)(H,25,26). The van der Waals surface area contributed by atoms with Gasteiger partial charge in [0.2, 0.25) is 0 Å². The molecule has 0 amide bonds. The van der Waals surface area contributed by atoms with Crippen LogP contribution in [0.5, 0.6) is 5.75 Å². The fourth-order valence-corrected chi connectivity index (χ4v) is 3.82. The van der Waals surface area contributed by atoms with E-state index in [-0.39, 0.29) is 6.42 Å². The van der Waals surface area contributed by atoms with E-state index in [1.54, 1.807) is 0 Å². The van der Waals surface area contributed by atoms with Gasteiger partial charge in [0, 0.05) is 23.1 Å². The van der Waals surface area contributed by atoms with E-state index in [0.717, 1.165) is 44.3 Å². The number of nitrogens with zero attached hydrogens (tertiary/aromatic N) is 1. The predicted octanol–water partition coefficient (Wildman–Crippen LogP) is 6.12. The van der Waals surface area contributed by atoms with Gasteiger partial charge in [-0.25, -0.2) is 4.98 Å². The lowest BCUT2D eigenvalue weighted by Gasteiger charge is -2.08. The average Bonchev–Trinajstić information content (AvgIpc) is 3.15. The number of carbonyl (C=O) groups is 1. The summed E-state index contributed by atoms with van der Waals surface area (Å²) in [5.74, 6) is 0.0521. The number of aromatic nitrogens is 1. The van der Waals surface area contributed by atoms with Gasteiger partial charge in [-0.15, -0.1) is 11.3 Å². The summed E-state index contributed by atoms with van der Waals surface area (Å²) in [7, 11) is 0. The summed E-state index contributed by atoms with van der Waals surface area (Å²) in [5, 5.41) is 14.9. The van der Waals surface area contributed by atoms with Crippen molar-refractivity contribution in [3.63, 3.8) is 0 Å². The number of halogens is 1. The van der Waals surface area contributed by atoms with Crippen LogP contribution in [-0.2, 0) is 11.2 Å². The number of benzene rings is 2. The molecule has 2 N–H and O–H groups in total. The SMILES string of the molecule is CCCOc1ccc(-c2csc(Nc3ccc(CCC(=O)O)cc3)n2)cc1Br. The zero-order valence-electron chi connectivity index (χ0n) is 15.4. The Balaban J connectivity index is 1.65. The molecule has 146 valence electrons. The highest BCUT2D eigenvalue weighted by molar-refractivity contribution is 9.10. The lowest BCUT2D eigenvalue weighted by molar-refractivity contribution is -0.136. The van der Waals surface area contributed by atoms with Crippen molar-refractivity contribution in [3.8, 4) is 17.0 Å². The largest absolute Gasteiger partial charge is 0.492 e. The Morgan fingerprint density at radius 2 is 2.04 bits per heavy atom. The third-order valence-electron chi connectivity index (χ3n) is 4.03. The summed E-state index contributed by atoms with van der Waals surface area (Å²) >= 11 is 5.10. The molecule has 0 spiro atoms. The molecule has 2 aromatic carbocycles. The van der Waals surface area contributed by atoms with Crippen molar-refractivity contribution in [2.45, 2.75) is 26.2 Å². The van der Waals surface area contributed by atoms with Crippen LogP contribution in [0.3, 0.4) is 0 Å². The van der Waals surface area contributed by atoms with E-state index in [0.29, 0.717) is 13.0 Å². The van der Waals surface area contributed by atoms with Crippen molar-refractivity contribution in [1.29, 1.82) is 0 Å². The van der Waals surface area contributed by atoms with E-state index in [4.69, 9.17) is 9.84 Å². The van der Waals surface area contributed by atoms with Gasteiger partial charge in [-0.1, -0.05) is 19.1 Å². The zero-order valence-corrected chi connectivity index (χ0v) is 17.8. The maximum Gasteiger partial charge on any atom is 0.303 e. The van der Waals surface area contributed by atoms with Crippen LogP contribution in [0, 0.1) is 0 Å². The fourth-order valence-electron chi connectivity index (χ4n) is 2.58. The van der Waals surface area contributed by atoms with Crippen LogP contribution in [0.1, 0.15) is 25.3 Å². The summed E-state index contributed by atoms with van der Waals surface area (Å²) in [6, 6.07) is 13.7. The van der Waals surface area contributed by atoms with E-state index in [2.05, 4.69) is 33.2 Å². The van der Waals surface area contributed by atoms with E-state index in [1.165, 1.54) is 11.3 Å². The molecule has 7 heteroatoms. The summed E-state index contributed by atoms with van der Waals surface area (Å²) in [5.41, 5.74) is 3.84. The van der Waals surface area contributed by atoms with Crippen LogP contribution in [0.15, 0.2) is 52.3 Å². The van der Waals surface area contributed by atoms with Gasteiger partial charge in [-0.3, -0.25) is 4.79 Å². The number of aryl methyl sites for hydroxylation is 1. The molecule has 0 saturated carbocycles. The third-order valence-corrected chi connectivity index (χ3v) is 5.40. The lowest BCUT2D eigenvalue weighted by Crippen LogP contribution is -1.97. The Labute approximate surface area is 176 Å². The molecule has 0 saturated heterocycles. The van der Waals surface area contributed by atoms with Gasteiger partial charge >= 0.3 is 5.97 Å². The second-order valence-corrected chi connectivity index (χ2v) is 7.96. The van der Waals surface area contributed by atoms with Crippen molar-refractivity contribution in [2.75, 3.05) is 11.9 Å². The molecule has 1 aromatic heterocycles. The second-order valence-electron chi connectivity index (χ2n) is 6.25. The molecule has 0 bridgehead atoms. The number of nitrogens with one attached hydrogen (secondary N) is 1. The first kappa shape index (κ1) is 20.4. The Morgan fingerprint density at radius 1 is 1.25 bits per heavy atom. The van der Waals surface area contributed by atoms with Gasteiger partial charge in [0.25, 0.3) is 0 Å². The van der Waals surface area contributed by atoms with Gasteiger partial charge in [-0.2, -0.15) is 0 Å². The van der Waals surface area contributed by atoms with Crippen LogP contribution >= 0.6 is 27.3 Å². The van der Waals surface area contributed by atoms with Crippen LogP contribution in [-0.4, -0.2) is 22.7 Å². The van der Waals surface area contributed by atoms with Crippen LogP contribution < -0.4 is 10.1 Å². The molecular formula is C21H21BrN2O3S. The van der Waals surface area contributed by atoms with Gasteiger partial charge < -0.3 is 15.2 Å². The van der Waals surface area contributed by atoms with Crippen LogP contribution in [0.25, 0.3) is 11.3 Å². The highest BCUT2D eigenvalue weighted by Gasteiger charge is 2.09. The fraction of sp³-hybridized carbons (Fsp3) is 0.238. The Kier molecular flexibility index (Phi) is 7.06. The summed E-state index contributed by atoms with van der Waals surface area (Å²) < 4.78 is 6.61. The quantitative estimate of drug-likeness (QED) is 0.402. The molecule has 3 aromatic rings. The van der Waals surface area contributed by atoms with E-state index in [9.17, 15) is 4.79 Å². The van der Waals surface area contributed by atoms with Gasteiger partial charge in [0.1, 0.15) is 5.75 Å². The predicted molar refractivity (Wildman–Crippen MR) is 117 cm³/mol. The minimum Gasteiger partial charge on any atom is -0.492 e. The molecule has 0 aliphatic carbocycles. The number of aliphatic carboxylic acids is 1. The Hall–Kier alpha value is -2.38. The van der Waals surface area contributed by atoms with Gasteiger partial charge in [0.05, 0.1) is 16.8 Å². The van der Waals surface area contributed by atoms with Crippen LogP contribution in [0.4, 0.5) is 10.8 Å². The van der Waals surface area contributed by atoms with Gasteiger partial charge in [0.15, 0.2) is 5.13 Å². The minimum atomic E-state index is -0.783. The molecule has 1 heterocycles. The Morgan fingerprint density at radius 3 is 2.71 bits per heavy atom. The topological polar surface area (TPSA) is 71.5 Å². The number of hydrogen-bond donors (Lipinski definition) is 2. The number of thiazole rings is 1. The molecule has 5 nitrogen and oxygen atoms in total. The molecule has 0 atom stereocenters. The van der Waals surface area contributed by atoms with E-state index >= 15 is 0 Å². The molecule has 0 radical (unpaired) electrons. The first-order valence-corrected chi connectivity index (χ1v) is 10.7. The highest BCUT2D eigenvalue weighted by Crippen LogP contribution is 2.33. The summed E-state index contributed by atoms with van der Waals surface area (Å²) in [4.78, 5) is 15.3. The number of anilines is 2. The number of carboxylic acid groups (broad SMARTS) is 1. The first-order chi connectivity index (χ1) is 13.5. The smallest absolute Gasteiger partial charge is 0.303 e. The summed E-state index contributed by atoms with van der Waals surface area (Å²) in [6.45, 7) is 2.77. The number of carboxylic acids is 1. The highest BCUT2D eigenvalue weighted by atomic mass is 79.9. The minimum absolute atomic E-state index is 0.139. The van der Waals surface area contributed by atoms with E-state index in [1.807, 2.05) is 47.8 Å². The van der Waals surface area contributed by atoms with Crippen LogP contribution in [0.2, 0.25) is 0 Å². The van der Waals surface area contributed by atoms with Crippen molar-refractivity contribution in [1.82, 2.24) is 4.98 Å². The molecular weight excluding hydrogens is 440 g/mol. The molecule has 28 heavy (non-hydrogen) atoms. The number of rotatable bonds is 9. The summed E-state index contributed by atoms with van der Waals surface area (Å²) in [6.07, 6.45) is 1.64. The zero-order chi connectivity index (χ0) is 19.9. The van der Waals surface area contributed by atoms with Crippen molar-refractivity contribution < 1.29 is 14.6 Å². The molecule has 0 aliphatic rings. The monoisotopic (exact) mass is 460 g/mol. The first-order valence-electron chi connectivity index (χ1n) is 9.01. The Bertz CT molecular complexity index is 941. The van der Waals surface area contributed by atoms with Gasteiger partial charge in [-0.05, 0) is 64.7 Å². The average molecular weight is 461 g/mol.